The van der Waals surface area contributed by atoms with Crippen molar-refractivity contribution in [1.82, 2.24) is 9.97 Å². The minimum atomic E-state index is -0.752. The van der Waals surface area contributed by atoms with Crippen molar-refractivity contribution in [2.45, 2.75) is 6.42 Å². The van der Waals surface area contributed by atoms with Crippen LogP contribution in [0.2, 0.25) is 5.02 Å². The first kappa shape index (κ1) is 20.0. The van der Waals surface area contributed by atoms with E-state index in [4.69, 9.17) is 16.3 Å². The lowest BCUT2D eigenvalue weighted by Crippen LogP contribution is -2.21. The number of aromatic nitrogens is 2. The Balaban J connectivity index is 1.84. The number of anilines is 1. The SMILES string of the molecule is COc1ccc(Cc2nc(C(=O)Nc3ccc(Cl)cc3[N+](=O)[O-])cc(=O)[nH]2)cc1. The number of benzene rings is 2. The van der Waals surface area contributed by atoms with E-state index in [2.05, 4.69) is 15.3 Å². The van der Waals surface area contributed by atoms with Crippen molar-refractivity contribution in [2.24, 2.45) is 0 Å². The van der Waals surface area contributed by atoms with Crippen LogP contribution in [0.25, 0.3) is 0 Å². The highest BCUT2D eigenvalue weighted by Gasteiger charge is 2.18. The third kappa shape index (κ3) is 4.96. The first-order valence-electron chi connectivity index (χ1n) is 8.34. The van der Waals surface area contributed by atoms with E-state index >= 15 is 0 Å². The lowest BCUT2D eigenvalue weighted by Gasteiger charge is -2.08. The number of nitrogens with zero attached hydrogens (tertiary/aromatic N) is 2. The molecule has 1 aromatic heterocycles. The van der Waals surface area contributed by atoms with Gasteiger partial charge in [-0.2, -0.15) is 0 Å². The summed E-state index contributed by atoms with van der Waals surface area (Å²) < 4.78 is 5.10. The van der Waals surface area contributed by atoms with Gasteiger partial charge < -0.3 is 15.0 Å². The van der Waals surface area contributed by atoms with Gasteiger partial charge in [-0.25, -0.2) is 4.98 Å². The van der Waals surface area contributed by atoms with Crippen LogP contribution in [0.5, 0.6) is 5.75 Å². The molecule has 10 heteroatoms. The highest BCUT2D eigenvalue weighted by Crippen LogP contribution is 2.28. The van der Waals surface area contributed by atoms with Crippen LogP contribution < -0.4 is 15.6 Å². The molecule has 3 aromatic rings. The molecule has 29 heavy (non-hydrogen) atoms. The molecule has 0 radical (unpaired) electrons. The molecule has 0 bridgehead atoms. The van der Waals surface area contributed by atoms with Gasteiger partial charge in [0.05, 0.1) is 12.0 Å². The van der Waals surface area contributed by atoms with Crippen LogP contribution in [0, 0.1) is 10.1 Å². The molecule has 9 nitrogen and oxygen atoms in total. The molecule has 2 N–H and O–H groups in total. The Kier molecular flexibility index (Phi) is 5.89. The Bertz CT molecular complexity index is 1130. The number of hydrogen-bond donors (Lipinski definition) is 2. The maximum absolute atomic E-state index is 12.5. The summed E-state index contributed by atoms with van der Waals surface area (Å²) in [5.41, 5.74) is -0.252. The Morgan fingerprint density at radius 3 is 2.62 bits per heavy atom. The van der Waals surface area contributed by atoms with E-state index in [9.17, 15) is 19.7 Å². The number of aromatic amines is 1. The predicted molar refractivity (Wildman–Crippen MR) is 107 cm³/mol. The number of nitrogens with one attached hydrogen (secondary N) is 2. The molecule has 0 aliphatic rings. The summed E-state index contributed by atoms with van der Waals surface area (Å²) in [6, 6.07) is 12.0. The quantitative estimate of drug-likeness (QED) is 0.471. The molecule has 0 aliphatic carbocycles. The van der Waals surface area contributed by atoms with Crippen molar-refractivity contribution in [1.29, 1.82) is 0 Å². The van der Waals surface area contributed by atoms with Crippen LogP contribution in [-0.4, -0.2) is 27.9 Å². The van der Waals surface area contributed by atoms with Crippen LogP contribution in [0.4, 0.5) is 11.4 Å². The van der Waals surface area contributed by atoms with E-state index < -0.39 is 16.4 Å². The largest absolute Gasteiger partial charge is 0.497 e. The number of carbonyl (C=O) groups excluding carboxylic acids is 1. The molecule has 0 spiro atoms. The van der Waals surface area contributed by atoms with E-state index in [0.717, 1.165) is 17.7 Å². The zero-order chi connectivity index (χ0) is 21.0. The zero-order valence-electron chi connectivity index (χ0n) is 15.1. The molecule has 3 rings (SSSR count). The van der Waals surface area contributed by atoms with Gasteiger partial charge in [-0.1, -0.05) is 23.7 Å². The van der Waals surface area contributed by atoms with Gasteiger partial charge in [-0.05, 0) is 29.8 Å². The number of rotatable bonds is 6. The van der Waals surface area contributed by atoms with Crippen molar-refractivity contribution in [3.05, 3.63) is 91.1 Å². The minimum Gasteiger partial charge on any atom is -0.497 e. The van der Waals surface area contributed by atoms with Gasteiger partial charge in [0.1, 0.15) is 23.0 Å². The third-order valence-corrected chi connectivity index (χ3v) is 4.19. The molecule has 0 fully saturated rings. The number of H-pyrrole nitrogens is 1. The minimum absolute atomic E-state index is 0.0526. The smallest absolute Gasteiger partial charge is 0.294 e. The number of methoxy groups -OCH3 is 1. The number of amides is 1. The summed E-state index contributed by atoms with van der Waals surface area (Å²) in [6.45, 7) is 0. The van der Waals surface area contributed by atoms with E-state index in [-0.39, 0.29) is 34.3 Å². The summed E-state index contributed by atoms with van der Waals surface area (Å²) in [5, 5.41) is 13.7. The number of halogens is 1. The van der Waals surface area contributed by atoms with E-state index in [1.165, 1.54) is 12.1 Å². The second kappa shape index (κ2) is 8.53. The monoisotopic (exact) mass is 414 g/mol. The molecule has 1 amide bonds. The summed E-state index contributed by atoms with van der Waals surface area (Å²) in [5.74, 6) is 0.212. The molecule has 0 atom stereocenters. The zero-order valence-corrected chi connectivity index (χ0v) is 15.9. The number of carbonyl (C=O) groups is 1. The van der Waals surface area contributed by atoms with Crippen LogP contribution in [0.1, 0.15) is 21.9 Å². The number of nitro groups is 1. The first-order valence-corrected chi connectivity index (χ1v) is 8.72. The lowest BCUT2D eigenvalue weighted by molar-refractivity contribution is -0.383. The maximum Gasteiger partial charge on any atom is 0.294 e. The van der Waals surface area contributed by atoms with Gasteiger partial charge >= 0.3 is 0 Å². The van der Waals surface area contributed by atoms with Crippen LogP contribution in [-0.2, 0) is 6.42 Å². The van der Waals surface area contributed by atoms with E-state index in [1.54, 1.807) is 19.2 Å². The number of ether oxygens (including phenoxy) is 1. The molecule has 0 saturated carbocycles. The van der Waals surface area contributed by atoms with Crippen LogP contribution >= 0.6 is 11.6 Å². The van der Waals surface area contributed by atoms with Gasteiger partial charge in [-0.15, -0.1) is 0 Å². The molecule has 0 aliphatic heterocycles. The Labute approximate surface area is 169 Å². The van der Waals surface area contributed by atoms with Crippen LogP contribution in [0.3, 0.4) is 0 Å². The average molecular weight is 415 g/mol. The molecular formula is C19H15ClN4O5. The molecule has 0 saturated heterocycles. The molecule has 1 heterocycles. The Morgan fingerprint density at radius 2 is 1.97 bits per heavy atom. The summed E-state index contributed by atoms with van der Waals surface area (Å²) in [6.07, 6.45) is 0.279. The molecule has 0 unspecified atom stereocenters. The first-order chi connectivity index (χ1) is 13.9. The van der Waals surface area contributed by atoms with Crippen molar-refractivity contribution >= 4 is 28.9 Å². The summed E-state index contributed by atoms with van der Waals surface area (Å²) >= 11 is 5.77. The Morgan fingerprint density at radius 1 is 1.24 bits per heavy atom. The second-order valence-electron chi connectivity index (χ2n) is 5.97. The Hall–Kier alpha value is -3.72. The molecule has 2 aromatic carbocycles. The average Bonchev–Trinajstić information content (AvgIpc) is 2.69. The van der Waals surface area contributed by atoms with Crippen molar-refractivity contribution in [3.8, 4) is 5.75 Å². The third-order valence-electron chi connectivity index (χ3n) is 3.96. The van der Waals surface area contributed by atoms with Crippen molar-refractivity contribution < 1.29 is 14.5 Å². The molecular weight excluding hydrogens is 400 g/mol. The summed E-state index contributed by atoms with van der Waals surface area (Å²) in [7, 11) is 1.56. The predicted octanol–water partition coefficient (Wildman–Crippen LogP) is 3.18. The van der Waals surface area contributed by atoms with E-state index in [1.807, 2.05) is 12.1 Å². The highest BCUT2D eigenvalue weighted by atomic mass is 35.5. The fourth-order valence-electron chi connectivity index (χ4n) is 2.59. The second-order valence-corrected chi connectivity index (χ2v) is 6.41. The standard InChI is InChI=1S/C19H15ClN4O5/c1-29-13-5-2-11(3-6-13)8-17-21-15(10-18(25)23-17)19(26)22-14-7-4-12(20)9-16(14)24(27)28/h2-7,9-10H,8H2,1H3,(H,22,26)(H,21,23,25). The van der Waals surface area contributed by atoms with Gasteiger partial charge in [0, 0.05) is 23.6 Å². The number of hydrogen-bond acceptors (Lipinski definition) is 6. The van der Waals surface area contributed by atoms with Gasteiger partial charge in [0.25, 0.3) is 17.2 Å². The maximum atomic E-state index is 12.5. The van der Waals surface area contributed by atoms with Gasteiger partial charge in [0.2, 0.25) is 0 Å². The van der Waals surface area contributed by atoms with Crippen molar-refractivity contribution in [3.63, 3.8) is 0 Å². The fraction of sp³-hybridized carbons (Fsp3) is 0.105. The van der Waals surface area contributed by atoms with Crippen LogP contribution in [0.15, 0.2) is 53.3 Å². The van der Waals surface area contributed by atoms with Gasteiger partial charge in [0.15, 0.2) is 0 Å². The molecule has 148 valence electrons. The fourth-order valence-corrected chi connectivity index (χ4v) is 2.76. The number of nitro benzene ring substituents is 1. The highest BCUT2D eigenvalue weighted by molar-refractivity contribution is 6.31. The normalized spacial score (nSPS) is 10.4. The topological polar surface area (TPSA) is 127 Å². The summed E-state index contributed by atoms with van der Waals surface area (Å²) in [4.78, 5) is 41.7. The van der Waals surface area contributed by atoms with Crippen molar-refractivity contribution in [2.75, 3.05) is 12.4 Å². The van der Waals surface area contributed by atoms with Gasteiger partial charge in [-0.3, -0.25) is 19.7 Å². The van der Waals surface area contributed by atoms with E-state index in [0.29, 0.717) is 5.75 Å². The lowest BCUT2D eigenvalue weighted by atomic mass is 10.1.